The van der Waals surface area contributed by atoms with E-state index in [4.69, 9.17) is 5.73 Å². The maximum Gasteiger partial charge on any atom is 0.128 e. The zero-order valence-electron chi connectivity index (χ0n) is 8.99. The largest absolute Gasteiger partial charge is 0.326 e. The third-order valence-corrected chi connectivity index (χ3v) is 3.40. The summed E-state index contributed by atoms with van der Waals surface area (Å²) in [5.74, 6) is -0.630. The Bertz CT molecular complexity index is 529. The maximum atomic E-state index is 13.5. The van der Waals surface area contributed by atoms with Gasteiger partial charge in [0.05, 0.1) is 0 Å². The molecule has 0 aliphatic heterocycles. The van der Waals surface area contributed by atoms with Crippen molar-refractivity contribution >= 4 is 11.8 Å². The van der Waals surface area contributed by atoms with Crippen molar-refractivity contribution in [3.63, 3.8) is 0 Å². The highest BCUT2D eigenvalue weighted by Crippen LogP contribution is 2.31. The van der Waals surface area contributed by atoms with Crippen LogP contribution in [0.3, 0.4) is 0 Å². The molecule has 2 aromatic rings. The van der Waals surface area contributed by atoms with Crippen molar-refractivity contribution in [2.24, 2.45) is 5.73 Å². The van der Waals surface area contributed by atoms with E-state index in [1.165, 1.54) is 30.0 Å². The second kappa shape index (κ2) is 5.29. The molecule has 0 atom stereocenters. The van der Waals surface area contributed by atoms with Crippen LogP contribution in [0.5, 0.6) is 0 Å². The summed E-state index contributed by atoms with van der Waals surface area (Å²) in [6, 6.07) is 11.0. The Morgan fingerprint density at radius 3 is 2.53 bits per heavy atom. The predicted octanol–water partition coefficient (Wildman–Crippen LogP) is 3.57. The molecule has 0 fully saturated rings. The van der Waals surface area contributed by atoms with Gasteiger partial charge >= 0.3 is 0 Å². The van der Waals surface area contributed by atoms with Crippen LogP contribution >= 0.6 is 11.8 Å². The molecule has 2 N–H and O–H groups in total. The Labute approximate surface area is 103 Å². The van der Waals surface area contributed by atoms with Crippen LogP contribution in [0.25, 0.3) is 0 Å². The van der Waals surface area contributed by atoms with Crippen LogP contribution in [-0.2, 0) is 6.54 Å². The number of halogens is 2. The molecule has 4 heteroatoms. The molecular formula is C13H11F2NS. The van der Waals surface area contributed by atoms with Gasteiger partial charge in [0.15, 0.2) is 0 Å². The van der Waals surface area contributed by atoms with Crippen molar-refractivity contribution in [1.29, 1.82) is 0 Å². The minimum atomic E-state index is -0.325. The average Bonchev–Trinajstić information content (AvgIpc) is 2.29. The summed E-state index contributed by atoms with van der Waals surface area (Å²) in [6.45, 7) is 0.129. The summed E-state index contributed by atoms with van der Waals surface area (Å²) in [7, 11) is 0. The van der Waals surface area contributed by atoms with E-state index in [-0.39, 0.29) is 18.2 Å². The van der Waals surface area contributed by atoms with Gasteiger partial charge in [-0.3, -0.25) is 0 Å². The topological polar surface area (TPSA) is 26.0 Å². The van der Waals surface area contributed by atoms with Gasteiger partial charge in [-0.15, -0.1) is 0 Å². The van der Waals surface area contributed by atoms with E-state index >= 15 is 0 Å². The van der Waals surface area contributed by atoms with Crippen molar-refractivity contribution in [2.75, 3.05) is 0 Å². The molecular weight excluding hydrogens is 240 g/mol. The van der Waals surface area contributed by atoms with E-state index < -0.39 is 0 Å². The molecule has 0 aliphatic rings. The first-order valence-corrected chi connectivity index (χ1v) is 5.93. The van der Waals surface area contributed by atoms with Gasteiger partial charge in [0.2, 0.25) is 0 Å². The molecule has 0 saturated heterocycles. The minimum Gasteiger partial charge on any atom is -0.326 e. The van der Waals surface area contributed by atoms with E-state index in [1.807, 2.05) is 0 Å². The third kappa shape index (κ3) is 2.84. The number of benzene rings is 2. The van der Waals surface area contributed by atoms with Crippen molar-refractivity contribution in [1.82, 2.24) is 0 Å². The normalized spacial score (nSPS) is 10.5. The first-order valence-electron chi connectivity index (χ1n) is 5.11. The van der Waals surface area contributed by atoms with Crippen molar-refractivity contribution in [2.45, 2.75) is 16.3 Å². The highest BCUT2D eigenvalue weighted by atomic mass is 32.2. The van der Waals surface area contributed by atoms with Crippen LogP contribution < -0.4 is 5.73 Å². The van der Waals surface area contributed by atoms with Crippen LogP contribution in [0.15, 0.2) is 52.3 Å². The molecule has 1 nitrogen and oxygen atoms in total. The van der Waals surface area contributed by atoms with Gasteiger partial charge in [0, 0.05) is 21.9 Å². The molecule has 0 radical (unpaired) electrons. The molecule has 88 valence electrons. The highest BCUT2D eigenvalue weighted by molar-refractivity contribution is 7.99. The molecule has 0 bridgehead atoms. The van der Waals surface area contributed by atoms with Crippen LogP contribution in [0, 0.1) is 11.6 Å². The van der Waals surface area contributed by atoms with Crippen LogP contribution in [-0.4, -0.2) is 0 Å². The molecule has 0 aliphatic carbocycles. The molecule has 0 amide bonds. The monoisotopic (exact) mass is 251 g/mol. The van der Waals surface area contributed by atoms with Crippen molar-refractivity contribution < 1.29 is 8.78 Å². The van der Waals surface area contributed by atoms with Gasteiger partial charge < -0.3 is 5.73 Å². The molecule has 0 saturated carbocycles. The number of nitrogens with two attached hydrogens (primary N) is 1. The lowest BCUT2D eigenvalue weighted by molar-refractivity contribution is 0.604. The van der Waals surface area contributed by atoms with Gasteiger partial charge in [0.25, 0.3) is 0 Å². The van der Waals surface area contributed by atoms with E-state index in [2.05, 4.69) is 0 Å². The number of rotatable bonds is 3. The SMILES string of the molecule is NCc1c(F)cccc1Sc1cccc(F)c1. The first kappa shape index (κ1) is 12.1. The molecule has 0 aromatic heterocycles. The summed E-state index contributed by atoms with van der Waals surface area (Å²) >= 11 is 1.31. The summed E-state index contributed by atoms with van der Waals surface area (Å²) < 4.78 is 26.5. The predicted molar refractivity (Wildman–Crippen MR) is 64.8 cm³/mol. The van der Waals surface area contributed by atoms with Crippen molar-refractivity contribution in [3.05, 3.63) is 59.7 Å². The lowest BCUT2D eigenvalue weighted by atomic mass is 10.2. The molecule has 17 heavy (non-hydrogen) atoms. The minimum absolute atomic E-state index is 0.129. The van der Waals surface area contributed by atoms with Crippen LogP contribution in [0.4, 0.5) is 8.78 Å². The zero-order chi connectivity index (χ0) is 12.3. The fourth-order valence-electron chi connectivity index (χ4n) is 1.49. The fraction of sp³-hybridized carbons (Fsp3) is 0.0769. The Balaban J connectivity index is 2.33. The highest BCUT2D eigenvalue weighted by Gasteiger charge is 2.08. The van der Waals surface area contributed by atoms with Crippen LogP contribution in [0.2, 0.25) is 0 Å². The fourth-order valence-corrected chi connectivity index (χ4v) is 2.51. The second-order valence-corrected chi connectivity index (χ2v) is 4.60. The molecule has 0 heterocycles. The van der Waals surface area contributed by atoms with E-state index in [0.717, 1.165) is 9.79 Å². The Hall–Kier alpha value is -1.39. The van der Waals surface area contributed by atoms with Gasteiger partial charge in [-0.25, -0.2) is 8.78 Å². The van der Waals surface area contributed by atoms with E-state index in [9.17, 15) is 8.78 Å². The summed E-state index contributed by atoms with van der Waals surface area (Å²) in [5.41, 5.74) is 5.97. The Kier molecular flexibility index (Phi) is 3.76. The van der Waals surface area contributed by atoms with Crippen molar-refractivity contribution in [3.8, 4) is 0 Å². The standard InChI is InChI=1S/C13H11F2NS/c14-9-3-1-4-10(7-9)17-13-6-2-5-12(15)11(13)8-16/h1-7H,8,16H2. The third-order valence-electron chi connectivity index (χ3n) is 2.30. The average molecular weight is 251 g/mol. The summed E-state index contributed by atoms with van der Waals surface area (Å²) in [4.78, 5) is 1.45. The maximum absolute atomic E-state index is 13.5. The van der Waals surface area contributed by atoms with E-state index in [0.29, 0.717) is 5.56 Å². The molecule has 2 aromatic carbocycles. The van der Waals surface area contributed by atoms with Gasteiger partial charge in [0.1, 0.15) is 11.6 Å². The zero-order valence-corrected chi connectivity index (χ0v) is 9.81. The molecule has 0 unspecified atom stereocenters. The smallest absolute Gasteiger partial charge is 0.128 e. The first-order chi connectivity index (χ1) is 8.20. The lowest BCUT2D eigenvalue weighted by Gasteiger charge is -2.08. The Morgan fingerprint density at radius 1 is 1.06 bits per heavy atom. The van der Waals surface area contributed by atoms with E-state index in [1.54, 1.807) is 24.3 Å². The van der Waals surface area contributed by atoms with Gasteiger partial charge in [-0.1, -0.05) is 23.9 Å². The quantitative estimate of drug-likeness (QED) is 0.902. The molecule has 2 rings (SSSR count). The number of hydrogen-bond acceptors (Lipinski definition) is 2. The summed E-state index contributed by atoms with van der Waals surface area (Å²) in [5, 5.41) is 0. The van der Waals surface area contributed by atoms with Crippen LogP contribution in [0.1, 0.15) is 5.56 Å². The van der Waals surface area contributed by atoms with Gasteiger partial charge in [-0.2, -0.15) is 0 Å². The second-order valence-electron chi connectivity index (χ2n) is 3.48. The molecule has 0 spiro atoms. The number of hydrogen-bond donors (Lipinski definition) is 1. The van der Waals surface area contributed by atoms with Gasteiger partial charge in [-0.05, 0) is 30.3 Å². The lowest BCUT2D eigenvalue weighted by Crippen LogP contribution is -2.01. The summed E-state index contributed by atoms with van der Waals surface area (Å²) in [6.07, 6.45) is 0. The Morgan fingerprint density at radius 2 is 1.82 bits per heavy atom.